The van der Waals surface area contributed by atoms with Crippen LogP contribution in [0.4, 0.5) is 14.5 Å². The number of benzene rings is 2. The van der Waals surface area contributed by atoms with E-state index in [1.165, 1.54) is 36.4 Å². The lowest BCUT2D eigenvalue weighted by atomic mass is 10.2. The first-order valence-electron chi connectivity index (χ1n) is 5.19. The van der Waals surface area contributed by atoms with Crippen LogP contribution in [0.5, 0.6) is 0 Å². The van der Waals surface area contributed by atoms with Gasteiger partial charge in [0.05, 0.1) is 10.0 Å². The quantitative estimate of drug-likeness (QED) is 0.788. The van der Waals surface area contributed by atoms with Crippen LogP contribution < -0.4 is 5.32 Å². The smallest absolute Gasteiger partial charge is 0.256 e. The molecule has 2 aromatic carbocycles. The van der Waals surface area contributed by atoms with Crippen molar-refractivity contribution in [2.45, 2.75) is 0 Å². The highest BCUT2D eigenvalue weighted by Crippen LogP contribution is 2.22. The van der Waals surface area contributed by atoms with Gasteiger partial charge in [0, 0.05) is 10.2 Å². The van der Waals surface area contributed by atoms with Gasteiger partial charge in [-0.3, -0.25) is 4.79 Å². The zero-order chi connectivity index (χ0) is 14.0. The molecule has 0 saturated carbocycles. The van der Waals surface area contributed by atoms with Crippen LogP contribution in [0.25, 0.3) is 0 Å². The fraction of sp³-hybridized carbons (Fsp3) is 0. The third-order valence-corrected chi connectivity index (χ3v) is 3.62. The fourth-order valence-electron chi connectivity index (χ4n) is 1.45. The van der Waals surface area contributed by atoms with E-state index in [9.17, 15) is 13.6 Å². The molecule has 0 unspecified atom stereocenters. The van der Waals surface area contributed by atoms with Crippen molar-refractivity contribution in [2.75, 3.05) is 5.32 Å². The molecule has 2 nitrogen and oxygen atoms in total. The van der Waals surface area contributed by atoms with Gasteiger partial charge in [0.25, 0.3) is 5.91 Å². The highest BCUT2D eigenvalue weighted by molar-refractivity contribution is 9.10. The van der Waals surface area contributed by atoms with Gasteiger partial charge < -0.3 is 5.32 Å². The molecule has 98 valence electrons. The van der Waals surface area contributed by atoms with Gasteiger partial charge in [0.2, 0.25) is 0 Å². The molecule has 1 N–H and O–H groups in total. The first-order valence-corrected chi connectivity index (χ1v) is 6.77. The van der Waals surface area contributed by atoms with E-state index in [-0.39, 0.29) is 4.47 Å². The fourth-order valence-corrected chi connectivity index (χ4v) is 2.36. The molecule has 0 aromatic heterocycles. The van der Waals surface area contributed by atoms with Crippen molar-refractivity contribution in [2.24, 2.45) is 0 Å². The van der Waals surface area contributed by atoms with E-state index in [0.29, 0.717) is 15.7 Å². The maximum atomic E-state index is 13.1. The topological polar surface area (TPSA) is 29.1 Å². The summed E-state index contributed by atoms with van der Waals surface area (Å²) < 4.78 is 26.6. The second kappa shape index (κ2) is 5.79. The molecule has 0 saturated heterocycles. The van der Waals surface area contributed by atoms with Crippen LogP contribution in [-0.4, -0.2) is 5.91 Å². The molecule has 6 heteroatoms. The number of halogens is 4. The Kier molecular flexibility index (Phi) is 4.31. The number of rotatable bonds is 2. The van der Waals surface area contributed by atoms with Crippen molar-refractivity contribution in [1.82, 2.24) is 0 Å². The Morgan fingerprint density at radius 3 is 2.37 bits per heavy atom. The number of anilines is 1. The van der Waals surface area contributed by atoms with E-state index >= 15 is 0 Å². The molecule has 0 fully saturated rings. The number of carbonyl (C=O) groups is 1. The van der Waals surface area contributed by atoms with Crippen molar-refractivity contribution >= 4 is 43.5 Å². The molecule has 0 atom stereocenters. The Balaban J connectivity index is 2.23. The predicted octanol–water partition coefficient (Wildman–Crippen LogP) is 4.74. The molecule has 0 spiro atoms. The molecule has 0 aliphatic carbocycles. The Hall–Kier alpha value is -1.27. The van der Waals surface area contributed by atoms with Crippen molar-refractivity contribution in [3.05, 3.63) is 62.5 Å². The number of hydrogen-bond donors (Lipinski definition) is 1. The molecule has 0 aliphatic heterocycles. The number of carbonyl (C=O) groups excluding carboxylic acids is 1. The first-order chi connectivity index (χ1) is 8.97. The third kappa shape index (κ3) is 3.39. The molecule has 2 rings (SSSR count). The van der Waals surface area contributed by atoms with Gasteiger partial charge in [-0.1, -0.05) is 0 Å². The summed E-state index contributed by atoms with van der Waals surface area (Å²) >= 11 is 6.15. The average molecular weight is 391 g/mol. The highest BCUT2D eigenvalue weighted by Gasteiger charge is 2.11. The Morgan fingerprint density at radius 1 is 1.00 bits per heavy atom. The van der Waals surface area contributed by atoms with Crippen molar-refractivity contribution < 1.29 is 13.6 Å². The van der Waals surface area contributed by atoms with Crippen molar-refractivity contribution in [3.63, 3.8) is 0 Å². The van der Waals surface area contributed by atoms with E-state index in [1.807, 2.05) is 0 Å². The van der Waals surface area contributed by atoms with Gasteiger partial charge in [-0.05, 0) is 68.3 Å². The summed E-state index contributed by atoms with van der Waals surface area (Å²) in [5, 5.41) is 2.60. The minimum Gasteiger partial charge on any atom is -0.322 e. The summed E-state index contributed by atoms with van der Waals surface area (Å²) in [5.41, 5.74) is 0.733. The van der Waals surface area contributed by atoms with E-state index in [2.05, 4.69) is 37.2 Å². The minimum absolute atomic E-state index is 0.253. The van der Waals surface area contributed by atoms with Crippen LogP contribution in [0.2, 0.25) is 0 Å². The van der Waals surface area contributed by atoms with Crippen LogP contribution in [0.3, 0.4) is 0 Å². The van der Waals surface area contributed by atoms with Gasteiger partial charge in [0.1, 0.15) is 11.6 Å². The Morgan fingerprint density at radius 2 is 1.74 bits per heavy atom. The highest BCUT2D eigenvalue weighted by atomic mass is 79.9. The summed E-state index contributed by atoms with van der Waals surface area (Å²) in [6, 6.07) is 7.89. The van der Waals surface area contributed by atoms with E-state index in [4.69, 9.17) is 0 Å². The number of nitrogens with one attached hydrogen (secondary N) is 1. The van der Waals surface area contributed by atoms with Crippen molar-refractivity contribution in [3.8, 4) is 0 Å². The first kappa shape index (κ1) is 14.1. The monoisotopic (exact) mass is 389 g/mol. The zero-order valence-electron chi connectivity index (χ0n) is 9.38. The molecular formula is C13H7Br2F2NO. The van der Waals surface area contributed by atoms with Crippen LogP contribution in [0.1, 0.15) is 10.4 Å². The summed E-state index contributed by atoms with van der Waals surface area (Å²) in [6.45, 7) is 0. The summed E-state index contributed by atoms with van der Waals surface area (Å²) in [5.74, 6) is -1.26. The lowest BCUT2D eigenvalue weighted by molar-refractivity contribution is 0.102. The third-order valence-electron chi connectivity index (χ3n) is 2.35. The molecule has 2 aromatic rings. The minimum atomic E-state index is -0.437. The second-order valence-corrected chi connectivity index (χ2v) is 5.42. The van der Waals surface area contributed by atoms with Crippen LogP contribution in [0.15, 0.2) is 45.3 Å². The average Bonchev–Trinajstić information content (AvgIpc) is 2.33. The van der Waals surface area contributed by atoms with Crippen LogP contribution in [-0.2, 0) is 0 Å². The number of hydrogen-bond acceptors (Lipinski definition) is 1. The summed E-state index contributed by atoms with van der Waals surface area (Å²) in [7, 11) is 0. The molecule has 1 amide bonds. The maximum Gasteiger partial charge on any atom is 0.256 e. The van der Waals surface area contributed by atoms with Gasteiger partial charge in [-0.2, -0.15) is 0 Å². The van der Waals surface area contributed by atoms with Crippen LogP contribution >= 0.6 is 31.9 Å². The largest absolute Gasteiger partial charge is 0.322 e. The lowest BCUT2D eigenvalue weighted by Gasteiger charge is -2.07. The molecule has 0 radical (unpaired) electrons. The van der Waals surface area contributed by atoms with Gasteiger partial charge in [0.15, 0.2) is 0 Å². The zero-order valence-corrected chi connectivity index (χ0v) is 12.6. The standard InChI is InChI=1S/C13H7Br2F2NO/c14-10-5-7(16)1-3-9(10)13(19)18-8-2-4-12(17)11(15)6-8/h1-6H,(H,18,19). The number of amides is 1. The SMILES string of the molecule is O=C(Nc1ccc(F)c(Br)c1)c1ccc(F)cc1Br. The van der Waals surface area contributed by atoms with E-state index < -0.39 is 17.5 Å². The molecule has 19 heavy (non-hydrogen) atoms. The van der Waals surface area contributed by atoms with Gasteiger partial charge in [-0.25, -0.2) is 8.78 Å². The Bertz CT molecular complexity index is 647. The lowest BCUT2D eigenvalue weighted by Crippen LogP contribution is -2.12. The Labute approximate surface area is 125 Å². The molecule has 0 bridgehead atoms. The molecule has 0 aliphatic rings. The van der Waals surface area contributed by atoms with E-state index in [0.717, 1.165) is 0 Å². The van der Waals surface area contributed by atoms with E-state index in [1.54, 1.807) is 0 Å². The van der Waals surface area contributed by atoms with Gasteiger partial charge >= 0.3 is 0 Å². The summed E-state index contributed by atoms with van der Waals surface area (Å²) in [4.78, 5) is 12.0. The van der Waals surface area contributed by atoms with Crippen molar-refractivity contribution in [1.29, 1.82) is 0 Å². The maximum absolute atomic E-state index is 13.1. The van der Waals surface area contributed by atoms with Gasteiger partial charge in [-0.15, -0.1) is 0 Å². The normalized spacial score (nSPS) is 10.3. The summed E-state index contributed by atoms with van der Waals surface area (Å²) in [6.07, 6.45) is 0. The molecular weight excluding hydrogens is 384 g/mol. The van der Waals surface area contributed by atoms with Crippen LogP contribution in [0, 0.1) is 11.6 Å². The predicted molar refractivity (Wildman–Crippen MR) is 76.2 cm³/mol. The second-order valence-electron chi connectivity index (χ2n) is 3.71. The molecule has 0 heterocycles.